The van der Waals surface area contributed by atoms with Gasteiger partial charge in [-0.25, -0.2) is 0 Å². The molecule has 4 heteroatoms. The molecule has 0 atom stereocenters. The summed E-state index contributed by atoms with van der Waals surface area (Å²) in [5.74, 6) is 2.28. The Morgan fingerprint density at radius 2 is 2.46 bits per heavy atom. The molecule has 0 saturated carbocycles. The maximum Gasteiger partial charge on any atom is 0.0759 e. The van der Waals surface area contributed by atoms with Gasteiger partial charge in [-0.2, -0.15) is 16.9 Å². The second kappa shape index (κ2) is 3.72. The number of nitrogens with zero attached hydrogens (tertiary/aromatic N) is 2. The molecule has 72 valence electrons. The minimum Gasteiger partial charge on any atom is -0.325 e. The maximum atomic E-state index is 5.73. The molecular weight excluding hydrogens is 182 g/mol. The van der Waals surface area contributed by atoms with E-state index in [0.29, 0.717) is 6.54 Å². The van der Waals surface area contributed by atoms with Crippen molar-refractivity contribution in [1.29, 1.82) is 0 Å². The summed E-state index contributed by atoms with van der Waals surface area (Å²) in [6, 6.07) is 0. The molecule has 13 heavy (non-hydrogen) atoms. The van der Waals surface area contributed by atoms with Crippen LogP contribution in [0.15, 0.2) is 0 Å². The molecule has 1 aliphatic heterocycles. The average Bonchev–Trinajstić information content (AvgIpc) is 2.55. The van der Waals surface area contributed by atoms with Crippen molar-refractivity contribution >= 4 is 11.8 Å². The van der Waals surface area contributed by atoms with Crippen molar-refractivity contribution in [3.05, 3.63) is 17.0 Å². The van der Waals surface area contributed by atoms with Crippen molar-refractivity contribution in [2.24, 2.45) is 5.73 Å². The fourth-order valence-corrected chi connectivity index (χ4v) is 2.74. The molecule has 0 radical (unpaired) electrons. The van der Waals surface area contributed by atoms with E-state index in [1.165, 1.54) is 22.7 Å². The van der Waals surface area contributed by atoms with Crippen molar-refractivity contribution in [3.8, 4) is 0 Å². The van der Waals surface area contributed by atoms with Crippen LogP contribution in [0.25, 0.3) is 0 Å². The third-order valence-corrected chi connectivity index (χ3v) is 3.45. The monoisotopic (exact) mass is 197 g/mol. The normalized spacial score (nSPS) is 15.8. The summed E-state index contributed by atoms with van der Waals surface area (Å²) < 4.78 is 2.05. The molecule has 1 aromatic heterocycles. The van der Waals surface area contributed by atoms with Crippen LogP contribution in [0.1, 0.15) is 23.9 Å². The first-order valence-electron chi connectivity index (χ1n) is 4.72. The number of aromatic nitrogens is 2. The highest BCUT2D eigenvalue weighted by Crippen LogP contribution is 2.26. The molecule has 0 fully saturated rings. The Morgan fingerprint density at radius 1 is 1.62 bits per heavy atom. The first kappa shape index (κ1) is 9.09. The van der Waals surface area contributed by atoms with Gasteiger partial charge >= 0.3 is 0 Å². The molecule has 0 amide bonds. The topological polar surface area (TPSA) is 43.8 Å². The minimum atomic E-state index is 0.626. The first-order valence-corrected chi connectivity index (χ1v) is 5.87. The van der Waals surface area contributed by atoms with Crippen LogP contribution in [-0.4, -0.2) is 15.5 Å². The van der Waals surface area contributed by atoms with E-state index in [0.717, 1.165) is 18.7 Å². The van der Waals surface area contributed by atoms with E-state index >= 15 is 0 Å². The summed E-state index contributed by atoms with van der Waals surface area (Å²) in [6.07, 6.45) is 1.15. The third kappa shape index (κ3) is 1.48. The largest absolute Gasteiger partial charge is 0.325 e. The predicted octanol–water partition coefficient (Wildman–Crippen LogP) is 1.15. The van der Waals surface area contributed by atoms with Crippen molar-refractivity contribution < 1.29 is 0 Å². The summed E-state index contributed by atoms with van der Waals surface area (Å²) in [5.41, 5.74) is 9.66. The van der Waals surface area contributed by atoms with Crippen LogP contribution in [-0.2, 0) is 25.3 Å². The van der Waals surface area contributed by atoms with Gasteiger partial charge in [0.2, 0.25) is 0 Å². The summed E-state index contributed by atoms with van der Waals surface area (Å²) >= 11 is 1.96. The van der Waals surface area contributed by atoms with E-state index in [4.69, 9.17) is 5.73 Å². The van der Waals surface area contributed by atoms with Gasteiger partial charge in [-0.3, -0.25) is 4.68 Å². The zero-order valence-corrected chi connectivity index (χ0v) is 8.73. The lowest BCUT2D eigenvalue weighted by Gasteiger charge is -2.09. The molecule has 0 aromatic carbocycles. The standard InChI is InChI=1S/C9H15N3S/c1-2-12-9(5-10)7-3-4-13-6-8(7)11-12/h2-6,10H2,1H3. The Kier molecular flexibility index (Phi) is 2.60. The third-order valence-electron chi connectivity index (χ3n) is 2.48. The quantitative estimate of drug-likeness (QED) is 0.773. The Balaban J connectivity index is 2.44. The van der Waals surface area contributed by atoms with Gasteiger partial charge in [0.25, 0.3) is 0 Å². The van der Waals surface area contributed by atoms with Crippen LogP contribution < -0.4 is 5.73 Å². The van der Waals surface area contributed by atoms with Crippen LogP contribution in [0, 0.1) is 0 Å². The highest BCUT2D eigenvalue weighted by Gasteiger charge is 2.18. The number of fused-ring (bicyclic) bond motifs is 1. The summed E-state index contributed by atoms with van der Waals surface area (Å²) in [6.45, 7) is 3.68. The minimum absolute atomic E-state index is 0.626. The van der Waals surface area contributed by atoms with Gasteiger partial charge in [0.1, 0.15) is 0 Å². The number of aryl methyl sites for hydroxylation is 1. The van der Waals surface area contributed by atoms with Gasteiger partial charge < -0.3 is 5.73 Å². The van der Waals surface area contributed by atoms with Gasteiger partial charge in [0.05, 0.1) is 11.4 Å². The molecule has 0 bridgehead atoms. The number of hydrogen-bond donors (Lipinski definition) is 1. The Labute approximate surface area is 82.7 Å². The SMILES string of the molecule is CCn1nc2c(c1CN)CCSC2. The second-order valence-corrected chi connectivity index (χ2v) is 4.30. The molecule has 0 aliphatic carbocycles. The van der Waals surface area contributed by atoms with Crippen molar-refractivity contribution in [1.82, 2.24) is 9.78 Å². The van der Waals surface area contributed by atoms with Crippen LogP contribution in [0.3, 0.4) is 0 Å². The highest BCUT2D eigenvalue weighted by molar-refractivity contribution is 7.98. The average molecular weight is 197 g/mol. The zero-order chi connectivity index (χ0) is 9.26. The van der Waals surface area contributed by atoms with E-state index in [1.54, 1.807) is 0 Å². The molecular formula is C9H15N3S. The Bertz CT molecular complexity index is 296. The lowest BCUT2D eigenvalue weighted by atomic mass is 10.1. The highest BCUT2D eigenvalue weighted by atomic mass is 32.2. The fraction of sp³-hybridized carbons (Fsp3) is 0.667. The summed E-state index contributed by atoms with van der Waals surface area (Å²) in [7, 11) is 0. The maximum absolute atomic E-state index is 5.73. The van der Waals surface area contributed by atoms with Crippen molar-refractivity contribution in [2.75, 3.05) is 5.75 Å². The second-order valence-electron chi connectivity index (χ2n) is 3.19. The Morgan fingerprint density at radius 3 is 3.15 bits per heavy atom. The van der Waals surface area contributed by atoms with Gasteiger partial charge in [-0.15, -0.1) is 0 Å². The molecule has 2 rings (SSSR count). The van der Waals surface area contributed by atoms with E-state index in [-0.39, 0.29) is 0 Å². The van der Waals surface area contributed by atoms with E-state index in [1.807, 2.05) is 11.8 Å². The number of hydrogen-bond acceptors (Lipinski definition) is 3. The van der Waals surface area contributed by atoms with Crippen LogP contribution in [0.2, 0.25) is 0 Å². The van der Waals surface area contributed by atoms with Gasteiger partial charge in [-0.05, 0) is 24.7 Å². The van der Waals surface area contributed by atoms with Crippen LogP contribution in [0.5, 0.6) is 0 Å². The molecule has 2 heterocycles. The zero-order valence-electron chi connectivity index (χ0n) is 7.92. The molecule has 0 unspecified atom stereocenters. The Hall–Kier alpha value is -0.480. The van der Waals surface area contributed by atoms with Gasteiger partial charge in [-0.1, -0.05) is 0 Å². The van der Waals surface area contributed by atoms with Crippen molar-refractivity contribution in [3.63, 3.8) is 0 Å². The lowest BCUT2D eigenvalue weighted by Crippen LogP contribution is -2.10. The van der Waals surface area contributed by atoms with Gasteiger partial charge in [0.15, 0.2) is 0 Å². The fourth-order valence-electron chi connectivity index (χ4n) is 1.83. The van der Waals surface area contributed by atoms with Gasteiger partial charge in [0, 0.05) is 18.8 Å². The lowest BCUT2D eigenvalue weighted by molar-refractivity contribution is 0.616. The first-order chi connectivity index (χ1) is 6.36. The number of rotatable bonds is 2. The number of nitrogens with two attached hydrogens (primary N) is 1. The van der Waals surface area contributed by atoms with E-state index in [9.17, 15) is 0 Å². The summed E-state index contributed by atoms with van der Waals surface area (Å²) in [4.78, 5) is 0. The smallest absolute Gasteiger partial charge is 0.0759 e. The molecule has 1 aliphatic rings. The molecule has 2 N–H and O–H groups in total. The molecule has 0 spiro atoms. The molecule has 0 saturated heterocycles. The van der Waals surface area contributed by atoms with Crippen LogP contribution in [0.4, 0.5) is 0 Å². The van der Waals surface area contributed by atoms with E-state index in [2.05, 4.69) is 16.7 Å². The predicted molar refractivity (Wildman–Crippen MR) is 55.7 cm³/mol. The van der Waals surface area contributed by atoms with E-state index < -0.39 is 0 Å². The van der Waals surface area contributed by atoms with Crippen LogP contribution >= 0.6 is 11.8 Å². The van der Waals surface area contributed by atoms with Crippen molar-refractivity contribution in [2.45, 2.75) is 32.2 Å². The molecule has 3 nitrogen and oxygen atoms in total. The molecule has 1 aromatic rings. The summed E-state index contributed by atoms with van der Waals surface area (Å²) in [5, 5.41) is 4.56. The number of thioether (sulfide) groups is 1.